The summed E-state index contributed by atoms with van der Waals surface area (Å²) in [7, 11) is 15.5. The summed E-state index contributed by atoms with van der Waals surface area (Å²) in [5, 5.41) is 0. The summed E-state index contributed by atoms with van der Waals surface area (Å²) in [5.41, 5.74) is 0. The molecule has 0 heterocycles. The summed E-state index contributed by atoms with van der Waals surface area (Å²) in [6.45, 7) is 12.6. The molecule has 0 amide bonds. The summed E-state index contributed by atoms with van der Waals surface area (Å²) in [6, 6.07) is 0. The Morgan fingerprint density at radius 3 is 0.923 bits per heavy atom. The van der Waals surface area contributed by atoms with Crippen molar-refractivity contribution < 1.29 is 10.1 Å². The molecule has 2 atom stereocenters. The van der Waals surface area contributed by atoms with E-state index in [1.165, 1.54) is 0 Å². The van der Waals surface area contributed by atoms with Gasteiger partial charge in [0.25, 0.3) is 0 Å². The van der Waals surface area contributed by atoms with Crippen molar-refractivity contribution in [3.8, 4) is 0 Å². The van der Waals surface area contributed by atoms with Crippen LogP contribution in [0.4, 0.5) is 0 Å². The Bertz CT molecular complexity index is 206. The van der Waals surface area contributed by atoms with Crippen LogP contribution in [-0.4, -0.2) is 0 Å². The molecule has 0 aromatic rings. The van der Waals surface area contributed by atoms with E-state index in [4.69, 9.17) is 19.1 Å². The van der Waals surface area contributed by atoms with E-state index in [9.17, 15) is 0 Å². The third kappa shape index (κ3) is 2.00. The van der Waals surface area contributed by atoms with Crippen molar-refractivity contribution in [3.05, 3.63) is 0 Å². The van der Waals surface area contributed by atoms with E-state index in [0.717, 1.165) is 0 Å². The second-order valence-electron chi connectivity index (χ2n) is 5.06. The zero-order chi connectivity index (χ0) is 11.4. The van der Waals surface area contributed by atoms with Crippen molar-refractivity contribution in [2.45, 2.75) is 49.3 Å². The van der Waals surface area contributed by atoms with Crippen LogP contribution >= 0.6 is 33.9 Å². The molecule has 13 heavy (non-hydrogen) atoms. The van der Waals surface area contributed by atoms with Crippen LogP contribution in [0.3, 0.4) is 0 Å². The first-order chi connectivity index (χ1) is 5.04. The molecule has 2 unspecified atom stereocenters. The number of hydrogen-bond acceptors (Lipinski definition) is 0. The van der Waals surface area contributed by atoms with Crippen molar-refractivity contribution in [2.24, 2.45) is 0 Å². The molecule has 0 aliphatic heterocycles. The Balaban J connectivity index is 5.86. The molecule has 0 aliphatic carbocycles. The van der Waals surface area contributed by atoms with Crippen LogP contribution in [0.15, 0.2) is 0 Å². The molecule has 5 heteroatoms. The van der Waals surface area contributed by atoms with E-state index < -0.39 is 10.1 Å². The zero-order valence-corrected chi connectivity index (χ0v) is 14.6. The molecular weight excluding hydrogens is 335 g/mol. The third-order valence-electron chi connectivity index (χ3n) is 2.29. The minimum atomic E-state index is -3.81. The summed E-state index contributed by atoms with van der Waals surface area (Å²) < 4.78 is -0.251. The van der Waals surface area contributed by atoms with E-state index in [2.05, 4.69) is 56.4 Å². The third-order valence-corrected chi connectivity index (χ3v) is 35.0. The molecule has 0 aromatic carbocycles. The van der Waals surface area contributed by atoms with Gasteiger partial charge in [0.15, 0.2) is 0 Å². The van der Waals surface area contributed by atoms with Crippen LogP contribution in [0.2, 0.25) is 7.78 Å². The van der Waals surface area contributed by atoms with Crippen molar-refractivity contribution in [1.82, 2.24) is 0 Å². The Morgan fingerprint density at radius 1 is 0.769 bits per heavy atom. The summed E-state index contributed by atoms with van der Waals surface area (Å²) in [5.74, 6) is 0. The molecular formula is C8H22Cl2P2Pd. The van der Waals surface area contributed by atoms with Crippen molar-refractivity contribution in [2.75, 3.05) is 0 Å². The Kier molecular flexibility index (Phi) is 3.32. The van der Waals surface area contributed by atoms with E-state index in [1.807, 2.05) is 0 Å². The molecule has 88 valence electrons. The van der Waals surface area contributed by atoms with Crippen LogP contribution in [0.1, 0.15) is 41.5 Å². The number of halogens is 2. The SMILES string of the molecule is C[C](C)(C)[Pd]([PH2])([PH2])([Cl])([Cl])[C](C)(C)C. The molecule has 0 aromatic heterocycles. The van der Waals surface area contributed by atoms with Gasteiger partial charge < -0.3 is 0 Å². The number of rotatable bonds is 0. The van der Waals surface area contributed by atoms with Gasteiger partial charge in [-0.05, 0) is 0 Å². The van der Waals surface area contributed by atoms with E-state index in [0.29, 0.717) is 0 Å². The van der Waals surface area contributed by atoms with Gasteiger partial charge >= 0.3 is 93.3 Å². The summed E-state index contributed by atoms with van der Waals surface area (Å²) >= 11 is 0. The second-order valence-corrected chi connectivity index (χ2v) is 42.5. The van der Waals surface area contributed by atoms with Gasteiger partial charge in [0.2, 0.25) is 0 Å². The van der Waals surface area contributed by atoms with Gasteiger partial charge in [-0.15, -0.1) is 0 Å². The monoisotopic (exact) mass is 356 g/mol. The summed E-state index contributed by atoms with van der Waals surface area (Å²) in [4.78, 5) is 0. The van der Waals surface area contributed by atoms with E-state index in [-0.39, 0.29) is 7.78 Å². The van der Waals surface area contributed by atoms with Crippen LogP contribution in [-0.2, 0) is 10.1 Å². The van der Waals surface area contributed by atoms with Crippen molar-refractivity contribution >= 4 is 33.9 Å². The maximum absolute atomic E-state index is 6.85. The van der Waals surface area contributed by atoms with Crippen molar-refractivity contribution in [3.63, 3.8) is 0 Å². The molecule has 0 saturated carbocycles. The van der Waals surface area contributed by atoms with E-state index >= 15 is 0 Å². The molecule has 0 bridgehead atoms. The quantitative estimate of drug-likeness (QED) is 0.395. The van der Waals surface area contributed by atoms with Gasteiger partial charge in [-0.3, -0.25) is 0 Å². The maximum atomic E-state index is 6.85. The Labute approximate surface area is 92.8 Å². The van der Waals surface area contributed by atoms with E-state index in [1.54, 1.807) is 0 Å². The topological polar surface area (TPSA) is 0 Å². The fourth-order valence-electron chi connectivity index (χ4n) is 0.712. The normalized spacial score (nSPS) is 20.8. The van der Waals surface area contributed by atoms with Gasteiger partial charge in [0.1, 0.15) is 0 Å². The predicted molar refractivity (Wildman–Crippen MR) is 70.6 cm³/mol. The first kappa shape index (κ1) is 15.1. The Hall–Kier alpha value is 2.10. The predicted octanol–water partition coefficient (Wildman–Crippen LogP) is 5.54. The first-order valence-electron chi connectivity index (χ1n) is 3.92. The van der Waals surface area contributed by atoms with Crippen molar-refractivity contribution in [1.29, 1.82) is 0 Å². The van der Waals surface area contributed by atoms with Crippen LogP contribution < -0.4 is 0 Å². The van der Waals surface area contributed by atoms with Gasteiger partial charge in [-0.1, -0.05) is 0 Å². The molecule has 0 saturated heterocycles. The molecule has 0 fully saturated rings. The molecule has 0 spiro atoms. The fourth-order valence-corrected chi connectivity index (χ4v) is 4.21. The average molecular weight is 358 g/mol. The average Bonchev–Trinajstić information content (AvgIpc) is 1.51. The Morgan fingerprint density at radius 2 is 0.923 bits per heavy atom. The van der Waals surface area contributed by atoms with Gasteiger partial charge in [-0.2, -0.15) is 0 Å². The molecule has 0 rings (SSSR count). The molecule has 0 N–H and O–H groups in total. The van der Waals surface area contributed by atoms with Gasteiger partial charge in [-0.25, -0.2) is 0 Å². The zero-order valence-electron chi connectivity index (χ0n) is 9.23. The second kappa shape index (κ2) is 2.86. The molecule has 0 nitrogen and oxygen atoms in total. The van der Waals surface area contributed by atoms with Gasteiger partial charge in [0.05, 0.1) is 0 Å². The fraction of sp³-hybridized carbons (Fsp3) is 1.00. The minimum absolute atomic E-state index is 0.126. The van der Waals surface area contributed by atoms with Crippen LogP contribution in [0.5, 0.6) is 0 Å². The standard InChI is InChI=1S/2C4H9.2ClH.2H2P.Pd/c2*1-4(2)3;;;;;/h2*1-3H3;2*1H;2*1H2;/q;;;;2*-1;+4/p-2. The number of hydrogen-bond donors (Lipinski definition) is 0. The first-order valence-corrected chi connectivity index (χ1v) is 15.6. The van der Waals surface area contributed by atoms with Crippen LogP contribution in [0, 0.1) is 0 Å². The summed E-state index contributed by atoms with van der Waals surface area (Å²) in [6.07, 6.45) is 0. The molecule has 0 aliphatic rings. The van der Waals surface area contributed by atoms with Crippen LogP contribution in [0.25, 0.3) is 0 Å². The van der Waals surface area contributed by atoms with Gasteiger partial charge in [0, 0.05) is 0 Å². The molecule has 0 radical (unpaired) electrons.